The number of halogens is 1. The van der Waals surface area contributed by atoms with Gasteiger partial charge in [0.15, 0.2) is 5.17 Å². The molecule has 16 heavy (non-hydrogen) atoms. The minimum absolute atomic E-state index is 0.573. The molecule has 3 nitrogen and oxygen atoms in total. The minimum atomic E-state index is 0.573. The van der Waals surface area contributed by atoms with E-state index in [0.717, 1.165) is 27.6 Å². The third-order valence-corrected chi connectivity index (χ3v) is 3.83. The number of benzene rings is 1. The number of hydrogen-bond acceptors (Lipinski definition) is 4. The number of rotatable bonds is 2. The van der Waals surface area contributed by atoms with Gasteiger partial charge in [0, 0.05) is 10.9 Å². The molecule has 5 heteroatoms. The van der Waals surface area contributed by atoms with Crippen molar-refractivity contribution in [3.05, 3.63) is 22.7 Å². The van der Waals surface area contributed by atoms with Crippen LogP contribution in [0.25, 0.3) is 0 Å². The Hall–Kier alpha value is -0.680. The smallest absolute Gasteiger partial charge is 0.161 e. The zero-order chi connectivity index (χ0) is 11.5. The Morgan fingerprint density at radius 2 is 2.38 bits per heavy atom. The lowest BCUT2D eigenvalue weighted by atomic mass is 10.3. The van der Waals surface area contributed by atoms with Crippen LogP contribution >= 0.6 is 27.7 Å². The highest BCUT2D eigenvalue weighted by molar-refractivity contribution is 9.10. The molecule has 1 unspecified atom stereocenters. The van der Waals surface area contributed by atoms with Gasteiger partial charge in [-0.15, -0.1) is 0 Å². The van der Waals surface area contributed by atoms with Gasteiger partial charge in [0.05, 0.1) is 18.1 Å². The average molecular weight is 301 g/mol. The van der Waals surface area contributed by atoms with Gasteiger partial charge in [0.1, 0.15) is 5.75 Å². The van der Waals surface area contributed by atoms with E-state index in [1.54, 1.807) is 18.9 Å². The number of hydrogen-bond donors (Lipinski definition) is 1. The van der Waals surface area contributed by atoms with Crippen molar-refractivity contribution in [3.63, 3.8) is 0 Å². The Bertz CT molecular complexity index is 422. The van der Waals surface area contributed by atoms with Gasteiger partial charge in [-0.1, -0.05) is 18.7 Å². The maximum atomic E-state index is 5.18. The lowest BCUT2D eigenvalue weighted by Crippen LogP contribution is -2.05. The minimum Gasteiger partial charge on any atom is -0.496 e. The molecule has 0 aromatic heterocycles. The summed E-state index contributed by atoms with van der Waals surface area (Å²) in [7, 11) is 1.66. The molecule has 1 aliphatic rings. The van der Waals surface area contributed by atoms with Crippen LogP contribution in [0.2, 0.25) is 0 Å². The molecular formula is C11H13BrN2OS. The molecule has 2 rings (SSSR count). The predicted octanol–water partition coefficient (Wildman–Crippen LogP) is 3.36. The molecule has 0 amide bonds. The van der Waals surface area contributed by atoms with Crippen LogP contribution in [0.15, 0.2) is 27.7 Å². The van der Waals surface area contributed by atoms with Crippen LogP contribution in [-0.2, 0) is 0 Å². The Morgan fingerprint density at radius 3 is 2.94 bits per heavy atom. The van der Waals surface area contributed by atoms with Crippen LogP contribution in [0.4, 0.5) is 5.69 Å². The highest BCUT2D eigenvalue weighted by Crippen LogP contribution is 2.29. The average Bonchev–Trinajstić information content (AvgIpc) is 2.64. The van der Waals surface area contributed by atoms with Gasteiger partial charge < -0.3 is 10.1 Å². The van der Waals surface area contributed by atoms with Crippen molar-refractivity contribution in [2.45, 2.75) is 12.2 Å². The summed E-state index contributed by atoms with van der Waals surface area (Å²) < 4.78 is 6.12. The first kappa shape index (κ1) is 11.8. The van der Waals surface area contributed by atoms with Gasteiger partial charge in [0.2, 0.25) is 0 Å². The number of aliphatic imine (C=N–C) groups is 1. The van der Waals surface area contributed by atoms with Gasteiger partial charge in [-0.05, 0) is 34.1 Å². The molecule has 0 saturated carbocycles. The van der Waals surface area contributed by atoms with Gasteiger partial charge in [-0.3, -0.25) is 4.99 Å². The van der Waals surface area contributed by atoms with Crippen LogP contribution in [0, 0.1) is 0 Å². The largest absolute Gasteiger partial charge is 0.496 e. The van der Waals surface area contributed by atoms with E-state index < -0.39 is 0 Å². The summed E-state index contributed by atoms with van der Waals surface area (Å²) in [6.07, 6.45) is 0. The maximum absolute atomic E-state index is 5.18. The first-order chi connectivity index (χ1) is 7.69. The molecule has 1 atom stereocenters. The molecule has 1 N–H and O–H groups in total. The van der Waals surface area contributed by atoms with E-state index in [9.17, 15) is 0 Å². The van der Waals surface area contributed by atoms with E-state index in [-0.39, 0.29) is 0 Å². The van der Waals surface area contributed by atoms with Crippen LogP contribution < -0.4 is 10.1 Å². The van der Waals surface area contributed by atoms with Crippen LogP contribution in [0.1, 0.15) is 6.92 Å². The highest BCUT2D eigenvalue weighted by atomic mass is 79.9. The molecule has 1 aromatic carbocycles. The fourth-order valence-corrected chi connectivity index (χ4v) is 2.81. The van der Waals surface area contributed by atoms with E-state index in [1.165, 1.54) is 0 Å². The summed E-state index contributed by atoms with van der Waals surface area (Å²) >= 11 is 5.23. The van der Waals surface area contributed by atoms with Crippen molar-refractivity contribution in [1.82, 2.24) is 0 Å². The Kier molecular flexibility index (Phi) is 3.76. The molecule has 86 valence electrons. The summed E-state index contributed by atoms with van der Waals surface area (Å²) in [5, 5.41) is 4.85. The Balaban J connectivity index is 2.08. The standard InChI is InChI=1S/C11H13BrN2OS/c1-7-6-13-11(16-7)14-8-3-4-10(15-2)9(12)5-8/h3-5,7H,6H2,1-2H3,(H,13,14). The van der Waals surface area contributed by atoms with Crippen molar-refractivity contribution in [1.29, 1.82) is 0 Å². The predicted molar refractivity (Wildman–Crippen MR) is 73.7 cm³/mol. The molecular weight excluding hydrogens is 288 g/mol. The quantitative estimate of drug-likeness (QED) is 0.909. The van der Waals surface area contributed by atoms with Crippen molar-refractivity contribution < 1.29 is 4.74 Å². The summed E-state index contributed by atoms with van der Waals surface area (Å²) in [6.45, 7) is 3.07. The lowest BCUT2D eigenvalue weighted by Gasteiger charge is -2.08. The Morgan fingerprint density at radius 1 is 1.56 bits per heavy atom. The molecule has 0 radical (unpaired) electrons. The number of amidine groups is 1. The number of anilines is 1. The number of nitrogens with one attached hydrogen (secondary N) is 1. The first-order valence-electron chi connectivity index (χ1n) is 5.00. The number of nitrogens with zero attached hydrogens (tertiary/aromatic N) is 1. The molecule has 1 aliphatic heterocycles. The van der Waals surface area contributed by atoms with Crippen molar-refractivity contribution in [2.75, 3.05) is 19.0 Å². The second-order valence-electron chi connectivity index (χ2n) is 3.55. The normalized spacial score (nSPS) is 19.4. The second-order valence-corrected chi connectivity index (χ2v) is 5.83. The van der Waals surface area contributed by atoms with Crippen molar-refractivity contribution in [2.24, 2.45) is 4.99 Å². The highest BCUT2D eigenvalue weighted by Gasteiger charge is 2.15. The van der Waals surface area contributed by atoms with Gasteiger partial charge in [0.25, 0.3) is 0 Å². The topological polar surface area (TPSA) is 33.6 Å². The van der Waals surface area contributed by atoms with E-state index in [0.29, 0.717) is 5.25 Å². The molecule has 0 bridgehead atoms. The number of ether oxygens (including phenoxy) is 1. The number of thioether (sulfide) groups is 1. The third kappa shape index (κ3) is 2.71. The summed E-state index contributed by atoms with van der Waals surface area (Å²) in [5.41, 5.74) is 1.02. The van der Waals surface area contributed by atoms with E-state index in [4.69, 9.17) is 4.74 Å². The zero-order valence-corrected chi connectivity index (χ0v) is 11.6. The van der Waals surface area contributed by atoms with E-state index in [2.05, 4.69) is 33.2 Å². The molecule has 0 aliphatic carbocycles. The monoisotopic (exact) mass is 300 g/mol. The molecule has 0 fully saturated rings. The van der Waals surface area contributed by atoms with Gasteiger partial charge in [-0.2, -0.15) is 0 Å². The summed E-state index contributed by atoms with van der Waals surface area (Å²) in [5.74, 6) is 0.833. The van der Waals surface area contributed by atoms with Gasteiger partial charge in [-0.25, -0.2) is 0 Å². The summed E-state index contributed by atoms with van der Waals surface area (Å²) in [6, 6.07) is 5.90. The Labute approximate surface area is 108 Å². The molecule has 0 spiro atoms. The van der Waals surface area contributed by atoms with Crippen LogP contribution in [0.3, 0.4) is 0 Å². The second kappa shape index (κ2) is 5.10. The third-order valence-electron chi connectivity index (χ3n) is 2.21. The van der Waals surface area contributed by atoms with E-state index in [1.807, 2.05) is 18.2 Å². The van der Waals surface area contributed by atoms with E-state index >= 15 is 0 Å². The zero-order valence-electron chi connectivity index (χ0n) is 9.16. The SMILES string of the molecule is COc1ccc(NC2=NCC(C)S2)cc1Br. The fraction of sp³-hybridized carbons (Fsp3) is 0.364. The van der Waals surface area contributed by atoms with Crippen molar-refractivity contribution in [3.8, 4) is 5.75 Å². The first-order valence-corrected chi connectivity index (χ1v) is 6.68. The molecule has 0 saturated heterocycles. The van der Waals surface area contributed by atoms with Crippen LogP contribution in [-0.4, -0.2) is 24.1 Å². The molecule has 1 aromatic rings. The molecule has 1 heterocycles. The van der Waals surface area contributed by atoms with Crippen LogP contribution in [0.5, 0.6) is 5.75 Å². The lowest BCUT2D eigenvalue weighted by molar-refractivity contribution is 0.412. The van der Waals surface area contributed by atoms with Gasteiger partial charge >= 0.3 is 0 Å². The maximum Gasteiger partial charge on any atom is 0.161 e. The summed E-state index contributed by atoms with van der Waals surface area (Å²) in [4.78, 5) is 4.41. The van der Waals surface area contributed by atoms with Crippen molar-refractivity contribution >= 4 is 38.5 Å². The fourth-order valence-electron chi connectivity index (χ4n) is 1.41. The number of methoxy groups -OCH3 is 1.